The molecule has 5 nitrogen and oxygen atoms in total. The molecular formula is C16H22Cl2N4O. The maximum Gasteiger partial charge on any atom is 0.241 e. The Balaban J connectivity index is 0.00000192. The number of hydrogen-bond acceptors (Lipinski definition) is 5. The lowest BCUT2D eigenvalue weighted by Gasteiger charge is -2.37. The molecule has 0 aliphatic carbocycles. The zero-order valence-corrected chi connectivity index (χ0v) is 14.7. The smallest absolute Gasteiger partial charge is 0.241 e. The van der Waals surface area contributed by atoms with E-state index in [1.54, 1.807) is 0 Å². The van der Waals surface area contributed by atoms with Gasteiger partial charge in [-0.05, 0) is 38.4 Å². The Hall–Kier alpha value is -1.14. The van der Waals surface area contributed by atoms with Crippen molar-refractivity contribution >= 4 is 24.0 Å². The molecule has 1 aliphatic rings. The number of piperidine rings is 1. The van der Waals surface area contributed by atoms with Crippen LogP contribution in [0.5, 0.6) is 0 Å². The zero-order chi connectivity index (χ0) is 15.5. The lowest BCUT2D eigenvalue weighted by Crippen LogP contribution is -2.48. The average molecular weight is 357 g/mol. The van der Waals surface area contributed by atoms with E-state index in [1.807, 2.05) is 24.3 Å². The van der Waals surface area contributed by atoms with Gasteiger partial charge in [0, 0.05) is 22.7 Å². The van der Waals surface area contributed by atoms with Crippen LogP contribution in [-0.2, 0) is 6.54 Å². The number of nitrogens with zero attached hydrogens (tertiary/aromatic N) is 3. The molecule has 0 spiro atoms. The van der Waals surface area contributed by atoms with Gasteiger partial charge in [-0.3, -0.25) is 4.90 Å². The maximum atomic E-state index is 6.10. The highest BCUT2D eigenvalue weighted by atomic mass is 35.5. The monoisotopic (exact) mass is 356 g/mol. The molecule has 0 bridgehead atoms. The fraction of sp³-hybridized carbons (Fsp3) is 0.500. The Kier molecular flexibility index (Phi) is 6.41. The minimum atomic E-state index is 0. The summed E-state index contributed by atoms with van der Waals surface area (Å²) < 4.78 is 5.40. The molecule has 23 heavy (non-hydrogen) atoms. The highest BCUT2D eigenvalue weighted by Gasteiger charge is 2.26. The third-order valence-corrected chi connectivity index (χ3v) is 4.40. The second-order valence-electron chi connectivity index (χ2n) is 5.91. The summed E-state index contributed by atoms with van der Waals surface area (Å²) in [5, 5.41) is 4.72. The van der Waals surface area contributed by atoms with Gasteiger partial charge in [-0.1, -0.05) is 35.3 Å². The van der Waals surface area contributed by atoms with E-state index in [-0.39, 0.29) is 18.4 Å². The second-order valence-corrected chi connectivity index (χ2v) is 6.35. The zero-order valence-electron chi connectivity index (χ0n) is 13.1. The third kappa shape index (κ3) is 4.44. The summed E-state index contributed by atoms with van der Waals surface area (Å²) in [4.78, 5) is 6.84. The van der Waals surface area contributed by atoms with Gasteiger partial charge in [0.1, 0.15) is 0 Å². The van der Waals surface area contributed by atoms with Crippen LogP contribution < -0.4 is 5.73 Å². The molecule has 1 aliphatic heterocycles. The molecule has 1 saturated heterocycles. The molecule has 3 rings (SSSR count). The molecule has 2 aromatic rings. The molecule has 1 aromatic heterocycles. The molecule has 7 heteroatoms. The SMILES string of the molecule is CC(N)C1CCCCN1Cc1nc(-c2cccc(Cl)c2)no1.Cl. The van der Waals surface area contributed by atoms with Gasteiger partial charge in [-0.15, -0.1) is 12.4 Å². The number of likely N-dealkylation sites (tertiary alicyclic amines) is 1. The van der Waals surface area contributed by atoms with Crippen molar-refractivity contribution in [2.24, 2.45) is 5.73 Å². The van der Waals surface area contributed by atoms with Crippen LogP contribution in [0.25, 0.3) is 11.4 Å². The van der Waals surface area contributed by atoms with Crippen LogP contribution in [-0.4, -0.2) is 33.7 Å². The molecule has 2 atom stereocenters. The molecule has 1 fully saturated rings. The highest BCUT2D eigenvalue weighted by molar-refractivity contribution is 6.30. The van der Waals surface area contributed by atoms with Crippen molar-refractivity contribution in [3.05, 3.63) is 35.2 Å². The van der Waals surface area contributed by atoms with Gasteiger partial charge in [-0.25, -0.2) is 0 Å². The maximum absolute atomic E-state index is 6.10. The summed E-state index contributed by atoms with van der Waals surface area (Å²) in [6, 6.07) is 8.00. The Morgan fingerprint density at radius 1 is 1.43 bits per heavy atom. The summed E-state index contributed by atoms with van der Waals surface area (Å²) in [6.45, 7) is 3.75. The van der Waals surface area contributed by atoms with Crippen LogP contribution in [0.4, 0.5) is 0 Å². The van der Waals surface area contributed by atoms with Gasteiger partial charge >= 0.3 is 0 Å². The Labute approximate surface area is 147 Å². The van der Waals surface area contributed by atoms with Crippen molar-refractivity contribution < 1.29 is 4.52 Å². The molecule has 2 N–H and O–H groups in total. The molecule has 2 heterocycles. The van der Waals surface area contributed by atoms with Crippen LogP contribution in [0.2, 0.25) is 5.02 Å². The fourth-order valence-corrected chi connectivity index (χ4v) is 3.24. The van der Waals surface area contributed by atoms with Gasteiger partial charge in [0.25, 0.3) is 0 Å². The average Bonchev–Trinajstić information content (AvgIpc) is 2.96. The second kappa shape index (κ2) is 8.11. The Morgan fingerprint density at radius 3 is 3.00 bits per heavy atom. The molecule has 126 valence electrons. The van der Waals surface area contributed by atoms with Gasteiger partial charge in [-0.2, -0.15) is 4.98 Å². The van der Waals surface area contributed by atoms with Gasteiger partial charge in [0.2, 0.25) is 11.7 Å². The number of benzene rings is 1. The Morgan fingerprint density at radius 2 is 2.26 bits per heavy atom. The van der Waals surface area contributed by atoms with Crippen molar-refractivity contribution in [2.45, 2.75) is 44.8 Å². The van der Waals surface area contributed by atoms with Crippen molar-refractivity contribution in [1.82, 2.24) is 15.0 Å². The number of hydrogen-bond donors (Lipinski definition) is 1. The first-order valence-corrected chi connectivity index (χ1v) is 8.09. The predicted octanol–water partition coefficient (Wildman–Crippen LogP) is 3.51. The minimum Gasteiger partial charge on any atom is -0.338 e. The standard InChI is InChI=1S/C16H21ClN4O.ClH/c1-11(18)14-7-2-3-8-21(14)10-15-19-16(20-22-15)12-5-4-6-13(17)9-12;/h4-6,9,11,14H,2-3,7-8,10,18H2,1H3;1H. The lowest BCUT2D eigenvalue weighted by molar-refractivity contribution is 0.109. The number of nitrogens with two attached hydrogens (primary N) is 1. The third-order valence-electron chi connectivity index (χ3n) is 4.16. The van der Waals surface area contributed by atoms with Crippen LogP contribution >= 0.6 is 24.0 Å². The van der Waals surface area contributed by atoms with E-state index in [4.69, 9.17) is 21.9 Å². The van der Waals surface area contributed by atoms with E-state index in [9.17, 15) is 0 Å². The lowest BCUT2D eigenvalue weighted by atomic mass is 9.97. The molecule has 0 radical (unpaired) electrons. The summed E-state index contributed by atoms with van der Waals surface area (Å²) in [5.74, 6) is 1.20. The van der Waals surface area contributed by atoms with Crippen LogP contribution in [0.15, 0.2) is 28.8 Å². The van der Waals surface area contributed by atoms with E-state index in [2.05, 4.69) is 22.0 Å². The molecular weight excluding hydrogens is 335 g/mol. The van der Waals surface area contributed by atoms with Gasteiger partial charge in [0.05, 0.1) is 6.54 Å². The summed E-state index contributed by atoms with van der Waals surface area (Å²) in [7, 11) is 0. The normalized spacial score (nSPS) is 20.0. The van der Waals surface area contributed by atoms with E-state index < -0.39 is 0 Å². The van der Waals surface area contributed by atoms with Crippen molar-refractivity contribution in [3.63, 3.8) is 0 Å². The van der Waals surface area contributed by atoms with Crippen molar-refractivity contribution in [2.75, 3.05) is 6.54 Å². The Bertz CT molecular complexity index is 632. The summed E-state index contributed by atoms with van der Waals surface area (Å²) in [6.07, 6.45) is 3.56. The molecule has 0 saturated carbocycles. The van der Waals surface area contributed by atoms with Crippen molar-refractivity contribution in [3.8, 4) is 11.4 Å². The van der Waals surface area contributed by atoms with Crippen LogP contribution in [0, 0.1) is 0 Å². The topological polar surface area (TPSA) is 68.2 Å². The summed E-state index contributed by atoms with van der Waals surface area (Å²) >= 11 is 6.00. The van der Waals surface area contributed by atoms with Crippen LogP contribution in [0.3, 0.4) is 0 Å². The van der Waals surface area contributed by atoms with Crippen LogP contribution in [0.1, 0.15) is 32.1 Å². The summed E-state index contributed by atoms with van der Waals surface area (Å²) in [5.41, 5.74) is 6.97. The highest BCUT2D eigenvalue weighted by Crippen LogP contribution is 2.23. The van der Waals surface area contributed by atoms with E-state index in [0.717, 1.165) is 18.5 Å². The first kappa shape index (κ1) is 18.2. The minimum absolute atomic E-state index is 0. The predicted molar refractivity (Wildman–Crippen MR) is 93.7 cm³/mol. The largest absolute Gasteiger partial charge is 0.338 e. The van der Waals surface area contributed by atoms with Gasteiger partial charge < -0.3 is 10.3 Å². The van der Waals surface area contributed by atoms with Gasteiger partial charge in [0.15, 0.2) is 0 Å². The van der Waals surface area contributed by atoms with E-state index in [0.29, 0.717) is 29.3 Å². The van der Waals surface area contributed by atoms with E-state index >= 15 is 0 Å². The first-order valence-electron chi connectivity index (χ1n) is 7.71. The molecule has 0 amide bonds. The fourth-order valence-electron chi connectivity index (χ4n) is 3.05. The van der Waals surface area contributed by atoms with E-state index in [1.165, 1.54) is 12.8 Å². The number of aromatic nitrogens is 2. The first-order chi connectivity index (χ1) is 10.6. The molecule has 1 aromatic carbocycles. The quantitative estimate of drug-likeness (QED) is 0.907. The van der Waals surface area contributed by atoms with Crippen molar-refractivity contribution in [1.29, 1.82) is 0 Å². The number of rotatable bonds is 4. The number of halogens is 2. The molecule has 2 unspecified atom stereocenters.